The van der Waals surface area contributed by atoms with Gasteiger partial charge in [-0.15, -0.1) is 5.10 Å². The zero-order chi connectivity index (χ0) is 18.8. The topological polar surface area (TPSA) is 93.0 Å². The van der Waals surface area contributed by atoms with Crippen molar-refractivity contribution in [2.75, 3.05) is 13.1 Å². The summed E-state index contributed by atoms with van der Waals surface area (Å²) in [4.78, 5) is 30.5. The van der Waals surface area contributed by atoms with E-state index in [1.165, 1.54) is 6.92 Å². The number of fused-ring (bicyclic) bond motifs is 3. The van der Waals surface area contributed by atoms with E-state index in [0.29, 0.717) is 30.7 Å². The SMILES string of the molecule is CC(=O)c1cn(C[C@H]2C[C@H]3CCN2C[C@@H]3C(=O)NCc2cccnc2)nn1. The van der Waals surface area contributed by atoms with Crippen molar-refractivity contribution in [1.82, 2.24) is 30.2 Å². The lowest BCUT2D eigenvalue weighted by Crippen LogP contribution is -2.58. The lowest BCUT2D eigenvalue weighted by molar-refractivity contribution is -0.133. The highest BCUT2D eigenvalue weighted by molar-refractivity contribution is 5.91. The van der Waals surface area contributed by atoms with Crippen molar-refractivity contribution >= 4 is 11.7 Å². The Balaban J connectivity index is 1.34. The van der Waals surface area contributed by atoms with Crippen LogP contribution in [-0.2, 0) is 17.9 Å². The largest absolute Gasteiger partial charge is 0.352 e. The molecule has 0 radical (unpaired) electrons. The number of carbonyl (C=O) groups excluding carboxylic acids is 2. The van der Waals surface area contributed by atoms with Crippen LogP contribution < -0.4 is 5.32 Å². The predicted molar refractivity (Wildman–Crippen MR) is 97.7 cm³/mol. The highest BCUT2D eigenvalue weighted by atomic mass is 16.2. The Bertz CT molecular complexity index is 821. The van der Waals surface area contributed by atoms with Crippen LogP contribution in [0.15, 0.2) is 30.7 Å². The molecule has 1 amide bonds. The average molecular weight is 368 g/mol. The fourth-order valence-electron chi connectivity index (χ4n) is 4.21. The number of amides is 1. The molecule has 4 atom stereocenters. The number of hydrogen-bond donors (Lipinski definition) is 1. The molecule has 142 valence electrons. The second-order valence-corrected chi connectivity index (χ2v) is 7.50. The molecule has 1 N–H and O–H groups in total. The van der Waals surface area contributed by atoms with Crippen molar-refractivity contribution in [3.05, 3.63) is 42.0 Å². The third-order valence-corrected chi connectivity index (χ3v) is 5.70. The van der Waals surface area contributed by atoms with E-state index in [-0.39, 0.29) is 17.6 Å². The van der Waals surface area contributed by atoms with Crippen molar-refractivity contribution in [2.24, 2.45) is 11.8 Å². The molecule has 3 saturated heterocycles. The second-order valence-electron chi connectivity index (χ2n) is 7.50. The zero-order valence-electron chi connectivity index (χ0n) is 15.4. The Hall–Kier alpha value is -2.61. The molecule has 3 aliphatic heterocycles. The molecule has 3 fully saturated rings. The van der Waals surface area contributed by atoms with Crippen LogP contribution in [0, 0.1) is 11.8 Å². The second kappa shape index (κ2) is 7.56. The summed E-state index contributed by atoms with van der Waals surface area (Å²) >= 11 is 0. The summed E-state index contributed by atoms with van der Waals surface area (Å²) in [7, 11) is 0. The molecule has 0 aliphatic carbocycles. The molecule has 0 aromatic carbocycles. The summed E-state index contributed by atoms with van der Waals surface area (Å²) < 4.78 is 1.75. The molecule has 2 bridgehead atoms. The van der Waals surface area contributed by atoms with Gasteiger partial charge in [0.05, 0.1) is 18.7 Å². The van der Waals surface area contributed by atoms with Crippen LogP contribution in [0.4, 0.5) is 0 Å². The number of nitrogens with one attached hydrogen (secondary N) is 1. The number of carbonyl (C=O) groups is 2. The van der Waals surface area contributed by atoms with E-state index in [1.807, 2.05) is 12.1 Å². The lowest BCUT2D eigenvalue weighted by Gasteiger charge is -2.49. The smallest absolute Gasteiger partial charge is 0.224 e. The van der Waals surface area contributed by atoms with Crippen molar-refractivity contribution in [3.8, 4) is 0 Å². The van der Waals surface area contributed by atoms with E-state index < -0.39 is 0 Å². The molecule has 2 aromatic heterocycles. The van der Waals surface area contributed by atoms with Gasteiger partial charge in [0.25, 0.3) is 0 Å². The fourth-order valence-corrected chi connectivity index (χ4v) is 4.21. The molecule has 5 heterocycles. The van der Waals surface area contributed by atoms with E-state index in [4.69, 9.17) is 0 Å². The monoisotopic (exact) mass is 368 g/mol. The van der Waals surface area contributed by atoms with E-state index in [1.54, 1.807) is 23.3 Å². The highest BCUT2D eigenvalue weighted by Gasteiger charge is 2.43. The number of Topliss-reactive ketones (excluding diaryl/α,β-unsaturated/α-hetero) is 1. The van der Waals surface area contributed by atoms with Gasteiger partial charge in [0.1, 0.15) is 5.69 Å². The van der Waals surface area contributed by atoms with Crippen LogP contribution >= 0.6 is 0 Å². The molecule has 3 aliphatic rings. The molecule has 0 spiro atoms. The maximum Gasteiger partial charge on any atom is 0.224 e. The first-order valence-electron chi connectivity index (χ1n) is 9.42. The normalized spacial score (nSPS) is 26.7. The third-order valence-electron chi connectivity index (χ3n) is 5.70. The Morgan fingerprint density at radius 1 is 1.37 bits per heavy atom. The minimum Gasteiger partial charge on any atom is -0.352 e. The maximum absolute atomic E-state index is 12.7. The number of hydrogen-bond acceptors (Lipinski definition) is 6. The summed E-state index contributed by atoms with van der Waals surface area (Å²) in [6.07, 6.45) is 7.25. The summed E-state index contributed by atoms with van der Waals surface area (Å²) in [5, 5.41) is 11.0. The number of rotatable bonds is 6. The Morgan fingerprint density at radius 2 is 2.26 bits per heavy atom. The standard InChI is InChI=1S/C19H24N6O2/c1-13(26)18-12-25(23-22-18)10-16-7-15-4-6-24(16)11-17(15)19(27)21-9-14-3-2-5-20-8-14/h2-3,5,8,12,15-17H,4,6-7,9-11H2,1H3,(H,21,27)/t15-,16-,17+/m1/s1. The minimum absolute atomic E-state index is 0.0372. The lowest BCUT2D eigenvalue weighted by atomic mass is 9.75. The van der Waals surface area contributed by atoms with Crippen LogP contribution in [0.3, 0.4) is 0 Å². The molecule has 2 aromatic rings. The van der Waals surface area contributed by atoms with Crippen molar-refractivity contribution < 1.29 is 9.59 Å². The zero-order valence-corrected chi connectivity index (χ0v) is 15.4. The van der Waals surface area contributed by atoms with Gasteiger partial charge < -0.3 is 5.32 Å². The molecular formula is C19H24N6O2. The van der Waals surface area contributed by atoms with E-state index in [9.17, 15) is 9.59 Å². The number of aromatic nitrogens is 4. The minimum atomic E-state index is -0.0722. The molecule has 8 heteroatoms. The Kier molecular flexibility index (Phi) is 4.98. The predicted octanol–water partition coefficient (Wildman–Crippen LogP) is 0.902. The van der Waals surface area contributed by atoms with Crippen molar-refractivity contribution in [1.29, 1.82) is 0 Å². The van der Waals surface area contributed by atoms with Crippen LogP contribution in [0.5, 0.6) is 0 Å². The van der Waals surface area contributed by atoms with Gasteiger partial charge in [-0.3, -0.25) is 24.2 Å². The van der Waals surface area contributed by atoms with E-state index >= 15 is 0 Å². The number of piperidine rings is 3. The highest BCUT2D eigenvalue weighted by Crippen LogP contribution is 2.36. The fraction of sp³-hybridized carbons (Fsp3) is 0.526. The van der Waals surface area contributed by atoms with Gasteiger partial charge in [-0.1, -0.05) is 11.3 Å². The van der Waals surface area contributed by atoms with Crippen LogP contribution in [0.2, 0.25) is 0 Å². The first-order chi connectivity index (χ1) is 13.1. The molecule has 0 saturated carbocycles. The first kappa shape index (κ1) is 17.8. The number of pyridine rings is 1. The van der Waals surface area contributed by atoms with Gasteiger partial charge in [0.15, 0.2) is 5.78 Å². The quantitative estimate of drug-likeness (QED) is 0.762. The van der Waals surface area contributed by atoms with Gasteiger partial charge in [-0.2, -0.15) is 0 Å². The number of ketones is 1. The van der Waals surface area contributed by atoms with Crippen LogP contribution in [0.1, 0.15) is 35.8 Å². The first-order valence-corrected chi connectivity index (χ1v) is 9.42. The maximum atomic E-state index is 12.7. The average Bonchev–Trinajstić information content (AvgIpc) is 3.16. The molecule has 5 rings (SSSR count). The van der Waals surface area contributed by atoms with Crippen LogP contribution in [0.25, 0.3) is 0 Å². The third kappa shape index (κ3) is 3.90. The van der Waals surface area contributed by atoms with E-state index in [0.717, 1.165) is 31.5 Å². The van der Waals surface area contributed by atoms with Gasteiger partial charge in [0.2, 0.25) is 5.91 Å². The van der Waals surface area contributed by atoms with Gasteiger partial charge >= 0.3 is 0 Å². The van der Waals surface area contributed by atoms with Gasteiger partial charge in [-0.25, -0.2) is 0 Å². The number of nitrogens with zero attached hydrogens (tertiary/aromatic N) is 5. The van der Waals surface area contributed by atoms with Gasteiger partial charge in [0, 0.05) is 38.4 Å². The van der Waals surface area contributed by atoms with E-state index in [2.05, 4.69) is 25.5 Å². The van der Waals surface area contributed by atoms with Crippen molar-refractivity contribution in [2.45, 2.75) is 38.9 Å². The Labute approximate surface area is 158 Å². The summed E-state index contributed by atoms with van der Waals surface area (Å²) in [5.74, 6) is 0.489. The molecular weight excluding hydrogens is 344 g/mol. The summed E-state index contributed by atoms with van der Waals surface area (Å²) in [6, 6.07) is 4.18. The summed E-state index contributed by atoms with van der Waals surface area (Å²) in [6.45, 7) is 4.51. The molecule has 8 nitrogen and oxygen atoms in total. The molecule has 1 unspecified atom stereocenters. The van der Waals surface area contributed by atoms with Crippen molar-refractivity contribution in [3.63, 3.8) is 0 Å². The summed E-state index contributed by atoms with van der Waals surface area (Å²) in [5.41, 5.74) is 1.41. The molecule has 27 heavy (non-hydrogen) atoms. The Morgan fingerprint density at radius 3 is 2.93 bits per heavy atom. The van der Waals surface area contributed by atoms with Gasteiger partial charge in [-0.05, 0) is 36.9 Å². The van der Waals surface area contributed by atoms with Crippen LogP contribution in [-0.4, -0.2) is 55.7 Å².